The van der Waals surface area contributed by atoms with Gasteiger partial charge in [-0.15, -0.1) is 0 Å². The average molecular weight is 426 g/mol. The lowest BCUT2D eigenvalue weighted by Crippen LogP contribution is -2.34. The number of fused-ring (bicyclic) bond motifs is 1. The minimum absolute atomic E-state index is 0.0887. The lowest BCUT2D eigenvalue weighted by Gasteiger charge is -2.29. The molecule has 29 heavy (non-hydrogen) atoms. The van der Waals surface area contributed by atoms with Gasteiger partial charge in [-0.25, -0.2) is 21.9 Å². The van der Waals surface area contributed by atoms with Crippen molar-refractivity contribution < 1.29 is 26.7 Å². The molecule has 0 bridgehead atoms. The number of sulfonamides is 1. The fraction of sp³-hybridized carbons (Fsp3) is 0.400. The second-order valence-corrected chi connectivity index (χ2v) is 8.51. The summed E-state index contributed by atoms with van der Waals surface area (Å²) in [4.78, 5) is 1.26. The number of rotatable bonds is 8. The summed E-state index contributed by atoms with van der Waals surface area (Å²) in [7, 11) is -1.04. The van der Waals surface area contributed by atoms with Crippen molar-refractivity contribution in [1.29, 1.82) is 0 Å². The molecule has 3 rings (SSSR count). The van der Waals surface area contributed by atoms with Gasteiger partial charge in [0.05, 0.1) is 14.2 Å². The predicted molar refractivity (Wildman–Crippen MR) is 105 cm³/mol. The largest absolute Gasteiger partial charge is 0.493 e. The zero-order valence-corrected chi connectivity index (χ0v) is 17.2. The first-order chi connectivity index (χ1) is 13.9. The summed E-state index contributed by atoms with van der Waals surface area (Å²) >= 11 is 0. The Balaban J connectivity index is 1.56. The zero-order chi connectivity index (χ0) is 21.0. The summed E-state index contributed by atoms with van der Waals surface area (Å²) < 4.78 is 64.8. The van der Waals surface area contributed by atoms with Gasteiger partial charge in [-0.2, -0.15) is 0 Å². The summed E-state index contributed by atoms with van der Waals surface area (Å²) in [6.45, 7) is 2.28. The molecule has 158 valence electrons. The zero-order valence-electron chi connectivity index (χ0n) is 16.4. The maximum atomic E-state index is 13.7. The Morgan fingerprint density at radius 1 is 1.07 bits per heavy atom. The first kappa shape index (κ1) is 21.5. The highest BCUT2D eigenvalue weighted by molar-refractivity contribution is 7.89. The molecule has 2 aromatic rings. The molecule has 1 N–H and O–H groups in total. The summed E-state index contributed by atoms with van der Waals surface area (Å²) in [5.74, 6) is -0.828. The molecule has 6 nitrogen and oxygen atoms in total. The van der Waals surface area contributed by atoms with Crippen molar-refractivity contribution in [2.24, 2.45) is 0 Å². The van der Waals surface area contributed by atoms with Gasteiger partial charge in [-0.1, -0.05) is 6.07 Å². The minimum Gasteiger partial charge on any atom is -0.493 e. The van der Waals surface area contributed by atoms with Crippen molar-refractivity contribution in [2.45, 2.75) is 24.3 Å². The molecular formula is C20H24F2N2O4S. The van der Waals surface area contributed by atoms with Gasteiger partial charge >= 0.3 is 0 Å². The van der Waals surface area contributed by atoms with Crippen molar-refractivity contribution in [1.82, 2.24) is 9.62 Å². The Kier molecular flexibility index (Phi) is 6.71. The molecule has 0 amide bonds. The summed E-state index contributed by atoms with van der Waals surface area (Å²) in [5.41, 5.74) is 2.34. The molecule has 9 heteroatoms. The molecule has 0 radical (unpaired) electrons. The third-order valence-electron chi connectivity index (χ3n) is 4.93. The van der Waals surface area contributed by atoms with Gasteiger partial charge in [0.25, 0.3) is 0 Å². The second-order valence-electron chi connectivity index (χ2n) is 6.80. The van der Waals surface area contributed by atoms with Gasteiger partial charge in [-0.05, 0) is 54.8 Å². The van der Waals surface area contributed by atoms with E-state index in [1.807, 2.05) is 12.1 Å². The van der Waals surface area contributed by atoms with E-state index in [4.69, 9.17) is 9.47 Å². The lowest BCUT2D eigenvalue weighted by atomic mass is 9.98. The van der Waals surface area contributed by atoms with Crippen LogP contribution in [-0.2, 0) is 23.0 Å². The molecule has 2 aromatic carbocycles. The Bertz CT molecular complexity index is 962. The highest BCUT2D eigenvalue weighted by atomic mass is 32.2. The first-order valence-electron chi connectivity index (χ1n) is 9.25. The van der Waals surface area contributed by atoms with E-state index in [1.54, 1.807) is 14.2 Å². The topological polar surface area (TPSA) is 67.9 Å². The number of hydrogen-bond acceptors (Lipinski definition) is 5. The first-order valence-corrected chi connectivity index (χ1v) is 10.7. The van der Waals surface area contributed by atoms with Crippen molar-refractivity contribution in [2.75, 3.05) is 33.9 Å². The molecule has 0 spiro atoms. The minimum atomic E-state index is -4.24. The van der Waals surface area contributed by atoms with E-state index in [0.717, 1.165) is 36.7 Å². The standard InChI is InChI=1S/C20H24F2N2O4S/c1-27-18-11-14-7-10-24(13-15(14)12-19(18)28-2)9-4-8-23-29(25,26)20-16(21)5-3-6-17(20)22/h3,5-6,11-12,23H,4,7-10,13H2,1-2H3. The lowest BCUT2D eigenvalue weighted by molar-refractivity contribution is 0.250. The Morgan fingerprint density at radius 2 is 1.69 bits per heavy atom. The number of nitrogens with one attached hydrogen (secondary N) is 1. The summed E-state index contributed by atoms with van der Waals surface area (Å²) in [5, 5.41) is 0. The molecule has 1 aliphatic rings. The molecule has 0 fully saturated rings. The SMILES string of the molecule is COc1cc2c(cc1OC)CN(CCCNS(=O)(=O)c1c(F)cccc1F)CC2. The molecular weight excluding hydrogens is 402 g/mol. The van der Waals surface area contributed by atoms with Gasteiger partial charge < -0.3 is 9.47 Å². The van der Waals surface area contributed by atoms with E-state index >= 15 is 0 Å². The molecule has 1 heterocycles. The number of hydrogen-bond donors (Lipinski definition) is 1. The normalized spacial score (nSPS) is 14.5. The molecule has 0 aromatic heterocycles. The Labute approximate surface area is 169 Å². The van der Waals surface area contributed by atoms with Crippen LogP contribution in [0.5, 0.6) is 11.5 Å². The summed E-state index contributed by atoms with van der Waals surface area (Å²) in [6, 6.07) is 6.92. The molecule has 0 saturated heterocycles. The number of nitrogens with zero attached hydrogens (tertiary/aromatic N) is 1. The average Bonchev–Trinajstić information content (AvgIpc) is 2.69. The van der Waals surface area contributed by atoms with Gasteiger partial charge in [0, 0.05) is 19.6 Å². The van der Waals surface area contributed by atoms with Gasteiger partial charge in [0.15, 0.2) is 16.4 Å². The highest BCUT2D eigenvalue weighted by Crippen LogP contribution is 2.33. The fourth-order valence-electron chi connectivity index (χ4n) is 3.45. The van der Waals surface area contributed by atoms with Crippen LogP contribution < -0.4 is 14.2 Å². The Morgan fingerprint density at radius 3 is 2.31 bits per heavy atom. The van der Waals surface area contributed by atoms with Crippen LogP contribution in [0.3, 0.4) is 0 Å². The number of halogens is 2. The van der Waals surface area contributed by atoms with Crippen molar-refractivity contribution in [3.8, 4) is 11.5 Å². The third-order valence-corrected chi connectivity index (χ3v) is 6.44. The van der Waals surface area contributed by atoms with E-state index in [0.29, 0.717) is 31.0 Å². The smallest absolute Gasteiger partial charge is 0.246 e. The van der Waals surface area contributed by atoms with Crippen LogP contribution in [0.1, 0.15) is 17.5 Å². The van der Waals surface area contributed by atoms with E-state index in [-0.39, 0.29) is 6.54 Å². The molecule has 0 unspecified atom stereocenters. The number of methoxy groups -OCH3 is 2. The van der Waals surface area contributed by atoms with Crippen LogP contribution >= 0.6 is 0 Å². The molecule has 0 saturated carbocycles. The van der Waals surface area contributed by atoms with E-state index in [2.05, 4.69) is 9.62 Å². The van der Waals surface area contributed by atoms with Crippen molar-refractivity contribution in [3.05, 3.63) is 53.1 Å². The maximum Gasteiger partial charge on any atom is 0.246 e. The second kappa shape index (κ2) is 9.06. The molecule has 0 atom stereocenters. The fourth-order valence-corrected chi connectivity index (χ4v) is 4.66. The summed E-state index contributed by atoms with van der Waals surface area (Å²) in [6.07, 6.45) is 1.36. The predicted octanol–water partition coefficient (Wildman–Crippen LogP) is 2.71. The van der Waals surface area contributed by atoms with Gasteiger partial charge in [0.1, 0.15) is 11.6 Å². The van der Waals surface area contributed by atoms with Gasteiger partial charge in [0.2, 0.25) is 10.0 Å². The van der Waals surface area contributed by atoms with Crippen LogP contribution in [0.4, 0.5) is 8.78 Å². The molecule has 0 aliphatic carbocycles. The number of benzene rings is 2. The van der Waals surface area contributed by atoms with Crippen LogP contribution in [0.25, 0.3) is 0 Å². The Hall–Kier alpha value is -2.23. The monoisotopic (exact) mass is 426 g/mol. The molecule has 1 aliphatic heterocycles. The van der Waals surface area contributed by atoms with Crippen LogP contribution in [0.15, 0.2) is 35.2 Å². The number of ether oxygens (including phenoxy) is 2. The van der Waals surface area contributed by atoms with Crippen LogP contribution in [0.2, 0.25) is 0 Å². The van der Waals surface area contributed by atoms with E-state index in [1.165, 1.54) is 5.56 Å². The quantitative estimate of drug-likeness (QED) is 0.658. The maximum absolute atomic E-state index is 13.7. The highest BCUT2D eigenvalue weighted by Gasteiger charge is 2.24. The van der Waals surface area contributed by atoms with Crippen molar-refractivity contribution >= 4 is 10.0 Å². The van der Waals surface area contributed by atoms with Crippen LogP contribution in [-0.4, -0.2) is 47.2 Å². The van der Waals surface area contributed by atoms with E-state index < -0.39 is 26.6 Å². The van der Waals surface area contributed by atoms with E-state index in [9.17, 15) is 17.2 Å². The van der Waals surface area contributed by atoms with Crippen LogP contribution in [0, 0.1) is 11.6 Å². The van der Waals surface area contributed by atoms with Gasteiger partial charge in [-0.3, -0.25) is 4.90 Å². The van der Waals surface area contributed by atoms with Crippen molar-refractivity contribution in [3.63, 3.8) is 0 Å². The third kappa shape index (κ3) is 4.85.